The summed E-state index contributed by atoms with van der Waals surface area (Å²) in [5.74, 6) is -0.0801. The third-order valence-corrected chi connectivity index (χ3v) is 3.36. The van der Waals surface area contributed by atoms with Gasteiger partial charge in [0.1, 0.15) is 11.4 Å². The first-order valence-electron chi connectivity index (χ1n) is 5.92. The van der Waals surface area contributed by atoms with Gasteiger partial charge in [-0.1, -0.05) is 30.3 Å². The maximum atomic E-state index is 11.9. The number of carbonyl (C=O) groups is 1. The van der Waals surface area contributed by atoms with E-state index in [-0.39, 0.29) is 5.01 Å². The van der Waals surface area contributed by atoms with E-state index in [2.05, 4.69) is 4.98 Å². The molecule has 2 aromatic rings. The third kappa shape index (κ3) is 3.32. The minimum atomic E-state index is -0.537. The molecule has 0 saturated heterocycles. The number of benzene rings is 1. The molecule has 0 unspecified atom stereocenters. The van der Waals surface area contributed by atoms with Crippen LogP contribution in [0, 0.1) is 0 Å². The minimum absolute atomic E-state index is 0.284. The predicted molar refractivity (Wildman–Crippen MR) is 77.1 cm³/mol. The summed E-state index contributed by atoms with van der Waals surface area (Å²) in [6.07, 6.45) is 0. The van der Waals surface area contributed by atoms with E-state index < -0.39 is 11.6 Å². The summed E-state index contributed by atoms with van der Waals surface area (Å²) in [5, 5.41) is 0.284. The Bertz CT molecular complexity index is 585. The van der Waals surface area contributed by atoms with Gasteiger partial charge in [0.15, 0.2) is 0 Å². The molecule has 0 bridgehead atoms. The van der Waals surface area contributed by atoms with E-state index in [0.717, 1.165) is 10.4 Å². The van der Waals surface area contributed by atoms with E-state index in [0.29, 0.717) is 5.82 Å². The molecule has 0 aliphatic heterocycles. The van der Waals surface area contributed by atoms with Crippen LogP contribution in [0.2, 0.25) is 0 Å². The van der Waals surface area contributed by atoms with Gasteiger partial charge in [-0.25, -0.2) is 9.78 Å². The van der Waals surface area contributed by atoms with Crippen LogP contribution < -0.4 is 5.73 Å². The first-order valence-corrected chi connectivity index (χ1v) is 6.73. The number of ether oxygens (including phenoxy) is 1. The van der Waals surface area contributed by atoms with Crippen molar-refractivity contribution in [3.05, 3.63) is 35.3 Å². The average molecular weight is 276 g/mol. The fraction of sp³-hybridized carbons (Fsp3) is 0.286. The molecule has 2 N–H and O–H groups in total. The number of nitrogen functional groups attached to an aromatic ring is 1. The lowest BCUT2D eigenvalue weighted by Crippen LogP contribution is -2.23. The molecule has 0 saturated carbocycles. The Labute approximate surface area is 116 Å². The molecule has 0 spiro atoms. The maximum absolute atomic E-state index is 11.9. The fourth-order valence-corrected chi connectivity index (χ4v) is 2.40. The molecule has 5 heteroatoms. The van der Waals surface area contributed by atoms with Crippen LogP contribution in [0.1, 0.15) is 30.6 Å². The van der Waals surface area contributed by atoms with E-state index in [4.69, 9.17) is 10.5 Å². The lowest BCUT2D eigenvalue weighted by Gasteiger charge is -2.18. The number of thiazole rings is 1. The molecule has 19 heavy (non-hydrogen) atoms. The molecule has 0 aliphatic carbocycles. The molecule has 100 valence electrons. The van der Waals surface area contributed by atoms with Crippen LogP contribution in [0.5, 0.6) is 0 Å². The largest absolute Gasteiger partial charge is 0.455 e. The number of aromatic nitrogens is 1. The first-order chi connectivity index (χ1) is 8.87. The monoisotopic (exact) mass is 276 g/mol. The summed E-state index contributed by atoms with van der Waals surface area (Å²) in [5.41, 5.74) is 6.28. The number of nitrogens with two attached hydrogens (primary N) is 1. The number of rotatable bonds is 2. The highest BCUT2D eigenvalue weighted by atomic mass is 32.1. The second-order valence-corrected chi connectivity index (χ2v) is 6.10. The van der Waals surface area contributed by atoms with Gasteiger partial charge in [0.05, 0.1) is 4.88 Å². The highest BCUT2D eigenvalue weighted by molar-refractivity contribution is 7.17. The molecule has 0 fully saturated rings. The molecule has 1 aromatic heterocycles. The highest BCUT2D eigenvalue weighted by Crippen LogP contribution is 2.32. The number of hydrogen-bond acceptors (Lipinski definition) is 5. The van der Waals surface area contributed by atoms with Gasteiger partial charge >= 0.3 is 5.97 Å². The van der Waals surface area contributed by atoms with Crippen molar-refractivity contribution in [2.75, 3.05) is 5.73 Å². The van der Waals surface area contributed by atoms with Crippen LogP contribution >= 0.6 is 11.3 Å². The van der Waals surface area contributed by atoms with E-state index in [9.17, 15) is 4.79 Å². The zero-order valence-electron chi connectivity index (χ0n) is 11.1. The summed E-state index contributed by atoms with van der Waals surface area (Å²) in [4.78, 5) is 16.8. The number of anilines is 1. The minimum Gasteiger partial charge on any atom is -0.455 e. The quantitative estimate of drug-likeness (QED) is 0.854. The Balaban J connectivity index is 2.29. The Morgan fingerprint density at radius 1 is 1.26 bits per heavy atom. The second-order valence-electron chi connectivity index (χ2n) is 5.10. The van der Waals surface area contributed by atoms with Gasteiger partial charge in [-0.05, 0) is 26.3 Å². The van der Waals surface area contributed by atoms with E-state index in [1.807, 2.05) is 51.1 Å². The van der Waals surface area contributed by atoms with Crippen molar-refractivity contribution in [3.8, 4) is 10.4 Å². The molecule has 1 aromatic carbocycles. The van der Waals surface area contributed by atoms with Crippen molar-refractivity contribution in [2.24, 2.45) is 0 Å². The lowest BCUT2D eigenvalue weighted by atomic mass is 10.2. The smallest absolute Gasteiger partial charge is 0.368 e. The highest BCUT2D eigenvalue weighted by Gasteiger charge is 2.22. The van der Waals surface area contributed by atoms with Crippen molar-refractivity contribution >= 4 is 23.1 Å². The van der Waals surface area contributed by atoms with Gasteiger partial charge < -0.3 is 10.5 Å². The zero-order valence-corrected chi connectivity index (χ0v) is 12.0. The number of carbonyl (C=O) groups excluding carboxylic acids is 1. The summed E-state index contributed by atoms with van der Waals surface area (Å²) < 4.78 is 5.28. The molecular weight excluding hydrogens is 260 g/mol. The number of esters is 1. The molecule has 0 radical (unpaired) electrons. The lowest BCUT2D eigenvalue weighted by molar-refractivity contribution is 0.00693. The third-order valence-electron chi connectivity index (χ3n) is 2.26. The molecule has 2 rings (SSSR count). The average Bonchev–Trinajstić information content (AvgIpc) is 2.70. The van der Waals surface area contributed by atoms with Crippen molar-refractivity contribution < 1.29 is 9.53 Å². The van der Waals surface area contributed by atoms with Gasteiger partial charge in [-0.2, -0.15) is 0 Å². The van der Waals surface area contributed by atoms with Crippen LogP contribution in [-0.2, 0) is 4.74 Å². The topological polar surface area (TPSA) is 65.2 Å². The Morgan fingerprint density at radius 3 is 2.47 bits per heavy atom. The predicted octanol–water partition coefficient (Wildman–Crippen LogP) is 3.35. The van der Waals surface area contributed by atoms with Gasteiger partial charge in [0.2, 0.25) is 5.01 Å². The number of hydrogen-bond donors (Lipinski definition) is 1. The Morgan fingerprint density at radius 2 is 1.89 bits per heavy atom. The maximum Gasteiger partial charge on any atom is 0.368 e. The Hall–Kier alpha value is -1.88. The van der Waals surface area contributed by atoms with Crippen LogP contribution in [0.15, 0.2) is 30.3 Å². The van der Waals surface area contributed by atoms with Crippen molar-refractivity contribution in [3.63, 3.8) is 0 Å². The van der Waals surface area contributed by atoms with Gasteiger partial charge in [0.25, 0.3) is 0 Å². The van der Waals surface area contributed by atoms with Crippen LogP contribution in [0.25, 0.3) is 10.4 Å². The van der Waals surface area contributed by atoms with Gasteiger partial charge in [0, 0.05) is 0 Å². The SMILES string of the molecule is CC(C)(C)OC(=O)c1nc(N)c(-c2ccccc2)s1. The van der Waals surface area contributed by atoms with Crippen molar-refractivity contribution in [1.82, 2.24) is 4.98 Å². The summed E-state index contributed by atoms with van der Waals surface area (Å²) in [7, 11) is 0. The summed E-state index contributed by atoms with van der Waals surface area (Å²) >= 11 is 1.25. The molecule has 0 amide bonds. The number of nitrogens with zero attached hydrogens (tertiary/aromatic N) is 1. The van der Waals surface area contributed by atoms with Crippen molar-refractivity contribution in [2.45, 2.75) is 26.4 Å². The fourth-order valence-electron chi connectivity index (χ4n) is 1.54. The molecule has 4 nitrogen and oxygen atoms in total. The molecule has 1 heterocycles. The molecule has 0 atom stereocenters. The van der Waals surface area contributed by atoms with Gasteiger partial charge in [-0.15, -0.1) is 11.3 Å². The van der Waals surface area contributed by atoms with E-state index >= 15 is 0 Å². The van der Waals surface area contributed by atoms with Crippen LogP contribution in [-0.4, -0.2) is 16.6 Å². The van der Waals surface area contributed by atoms with Crippen LogP contribution in [0.4, 0.5) is 5.82 Å². The van der Waals surface area contributed by atoms with E-state index in [1.54, 1.807) is 0 Å². The van der Waals surface area contributed by atoms with Crippen molar-refractivity contribution in [1.29, 1.82) is 0 Å². The normalized spacial score (nSPS) is 11.3. The van der Waals surface area contributed by atoms with Gasteiger partial charge in [-0.3, -0.25) is 0 Å². The van der Waals surface area contributed by atoms with E-state index in [1.165, 1.54) is 11.3 Å². The zero-order chi connectivity index (χ0) is 14.0. The Kier molecular flexibility index (Phi) is 3.57. The van der Waals surface area contributed by atoms with Crippen LogP contribution in [0.3, 0.4) is 0 Å². The first kappa shape index (κ1) is 13.5. The standard InChI is InChI=1S/C14H16N2O2S/c1-14(2,3)18-13(17)12-16-11(15)10(19-12)9-7-5-4-6-8-9/h4-8H,15H2,1-3H3. The second kappa shape index (κ2) is 5.01. The molecular formula is C14H16N2O2S. The summed E-state index contributed by atoms with van der Waals surface area (Å²) in [6.45, 7) is 5.46. The molecule has 0 aliphatic rings. The summed E-state index contributed by atoms with van der Waals surface area (Å²) in [6, 6.07) is 9.63.